The smallest absolute Gasteiger partial charge is 0.159 e. The number of anilines is 1. The maximum atomic E-state index is 4.98. The van der Waals surface area contributed by atoms with Gasteiger partial charge < -0.3 is 5.32 Å². The van der Waals surface area contributed by atoms with Crippen LogP contribution in [0, 0.1) is 0 Å². The molecule has 6 heteroatoms. The van der Waals surface area contributed by atoms with Gasteiger partial charge in [0.1, 0.15) is 12.2 Å². The van der Waals surface area contributed by atoms with Gasteiger partial charge in [-0.15, -0.1) is 0 Å². The molecule has 0 radical (unpaired) electrons. The van der Waals surface area contributed by atoms with Gasteiger partial charge in [-0.25, -0.2) is 15.0 Å². The molecular weight excluding hydrogens is 456 g/mol. The van der Waals surface area contributed by atoms with Crippen LogP contribution in [0.2, 0.25) is 0 Å². The average molecular weight is 485 g/mol. The summed E-state index contributed by atoms with van der Waals surface area (Å²) in [7, 11) is 0. The van der Waals surface area contributed by atoms with Gasteiger partial charge in [-0.05, 0) is 48.9 Å². The summed E-state index contributed by atoms with van der Waals surface area (Å²) in [6, 6.07) is 26.8. The zero-order chi connectivity index (χ0) is 25.6. The first kappa shape index (κ1) is 24.0. The molecule has 0 spiro atoms. The van der Waals surface area contributed by atoms with Crippen molar-refractivity contribution in [3.63, 3.8) is 0 Å². The quantitative estimate of drug-likeness (QED) is 0.226. The van der Waals surface area contributed by atoms with E-state index in [1.54, 1.807) is 6.20 Å². The SMILES string of the molecule is C=N/C=N\C=C(/C)c1nc(NCC2=C(C)CN=C2c2ccccc2)c2c(-c3ccccc3)cccc2n1. The first-order valence-corrected chi connectivity index (χ1v) is 12.2. The first-order valence-electron chi connectivity index (χ1n) is 12.2. The van der Waals surface area contributed by atoms with Gasteiger partial charge in [0.15, 0.2) is 5.82 Å². The Balaban J connectivity index is 1.59. The lowest BCUT2D eigenvalue weighted by Gasteiger charge is -2.16. The fourth-order valence-corrected chi connectivity index (χ4v) is 4.45. The summed E-state index contributed by atoms with van der Waals surface area (Å²) in [5, 5.41) is 4.63. The van der Waals surface area contributed by atoms with Crippen LogP contribution in [0.4, 0.5) is 5.82 Å². The number of allylic oxidation sites excluding steroid dienone is 1. The Morgan fingerprint density at radius 2 is 1.68 bits per heavy atom. The summed E-state index contributed by atoms with van der Waals surface area (Å²) in [5.41, 5.74) is 8.51. The highest BCUT2D eigenvalue weighted by Crippen LogP contribution is 2.33. The third-order valence-electron chi connectivity index (χ3n) is 6.33. The Bertz CT molecular complexity index is 1560. The average Bonchev–Trinajstić information content (AvgIpc) is 3.32. The van der Waals surface area contributed by atoms with Gasteiger partial charge in [0.2, 0.25) is 0 Å². The van der Waals surface area contributed by atoms with E-state index in [0.29, 0.717) is 18.9 Å². The molecule has 0 saturated heterocycles. The van der Waals surface area contributed by atoms with Crippen molar-refractivity contribution >= 4 is 41.1 Å². The molecule has 0 atom stereocenters. The van der Waals surface area contributed by atoms with Crippen LogP contribution in [0.1, 0.15) is 25.2 Å². The second-order valence-electron chi connectivity index (χ2n) is 8.86. The highest BCUT2D eigenvalue weighted by Gasteiger charge is 2.20. The second-order valence-corrected chi connectivity index (χ2v) is 8.86. The van der Waals surface area contributed by atoms with Gasteiger partial charge in [0, 0.05) is 23.9 Å². The molecule has 0 aliphatic carbocycles. The molecule has 0 saturated carbocycles. The molecule has 1 N–H and O–H groups in total. The van der Waals surface area contributed by atoms with Gasteiger partial charge in [0.05, 0.1) is 23.2 Å². The minimum atomic E-state index is 0.607. The standard InChI is InChI=1S/C31H28N6/c1-21-18-34-29(24-13-8-5-9-14-24)26(21)19-35-31-28-25(23-11-6-4-7-12-23)15-10-16-27(28)36-30(37-31)22(2)17-33-20-32-3/h4-17,20H,3,18-19H2,1-2H3,(H,35,36,37)/b22-17+,33-20-. The van der Waals surface area contributed by atoms with Crippen LogP contribution in [-0.2, 0) is 0 Å². The molecule has 1 aliphatic heterocycles. The molecule has 0 fully saturated rings. The van der Waals surface area contributed by atoms with Crippen molar-refractivity contribution in [1.82, 2.24) is 9.97 Å². The van der Waals surface area contributed by atoms with Crippen molar-refractivity contribution in [1.29, 1.82) is 0 Å². The van der Waals surface area contributed by atoms with Crippen molar-refractivity contribution < 1.29 is 0 Å². The van der Waals surface area contributed by atoms with Gasteiger partial charge >= 0.3 is 0 Å². The van der Waals surface area contributed by atoms with E-state index in [2.05, 4.69) is 59.3 Å². The van der Waals surface area contributed by atoms with Crippen molar-refractivity contribution in [2.24, 2.45) is 15.0 Å². The van der Waals surface area contributed by atoms with Crippen molar-refractivity contribution in [2.45, 2.75) is 13.8 Å². The van der Waals surface area contributed by atoms with E-state index in [0.717, 1.165) is 44.7 Å². The minimum absolute atomic E-state index is 0.607. The summed E-state index contributed by atoms with van der Waals surface area (Å²) < 4.78 is 0. The van der Waals surface area contributed by atoms with Crippen LogP contribution in [0.25, 0.3) is 27.6 Å². The number of aliphatic imine (C=N–C) groups is 3. The third-order valence-corrected chi connectivity index (χ3v) is 6.33. The van der Waals surface area contributed by atoms with Gasteiger partial charge in [-0.2, -0.15) is 0 Å². The van der Waals surface area contributed by atoms with Crippen molar-refractivity contribution in [2.75, 3.05) is 18.4 Å². The molecule has 6 nitrogen and oxygen atoms in total. The summed E-state index contributed by atoms with van der Waals surface area (Å²) in [4.78, 5) is 22.5. The number of rotatable bonds is 8. The maximum absolute atomic E-state index is 4.98. The fraction of sp³-hybridized carbons (Fsp3) is 0.129. The molecule has 182 valence electrons. The number of hydrogen-bond acceptors (Lipinski definition) is 5. The Morgan fingerprint density at radius 1 is 0.946 bits per heavy atom. The molecule has 37 heavy (non-hydrogen) atoms. The predicted molar refractivity (Wildman–Crippen MR) is 156 cm³/mol. The predicted octanol–water partition coefficient (Wildman–Crippen LogP) is 6.62. The van der Waals surface area contributed by atoms with Crippen LogP contribution < -0.4 is 5.32 Å². The summed E-state index contributed by atoms with van der Waals surface area (Å²) in [5.74, 6) is 1.38. The summed E-state index contributed by atoms with van der Waals surface area (Å²) in [6.07, 6.45) is 3.10. The van der Waals surface area contributed by atoms with Crippen LogP contribution in [-0.4, -0.2) is 41.8 Å². The Labute approximate surface area is 217 Å². The van der Waals surface area contributed by atoms with Gasteiger partial charge in [0.25, 0.3) is 0 Å². The normalized spacial score (nSPS) is 13.9. The summed E-state index contributed by atoms with van der Waals surface area (Å²) >= 11 is 0. The Hall–Kier alpha value is -4.71. The largest absolute Gasteiger partial charge is 0.365 e. The van der Waals surface area contributed by atoms with Crippen LogP contribution in [0.5, 0.6) is 0 Å². The molecule has 0 bridgehead atoms. The van der Waals surface area contributed by atoms with E-state index in [4.69, 9.17) is 15.0 Å². The van der Waals surface area contributed by atoms with Crippen LogP contribution in [0.15, 0.2) is 111 Å². The molecule has 0 amide bonds. The van der Waals surface area contributed by atoms with E-state index < -0.39 is 0 Å². The number of fused-ring (bicyclic) bond motifs is 1. The van der Waals surface area contributed by atoms with Gasteiger partial charge in [-0.3, -0.25) is 9.98 Å². The molecular formula is C31H28N6. The number of hydrogen-bond donors (Lipinski definition) is 1. The Kier molecular flexibility index (Phi) is 7.08. The number of benzene rings is 3. The van der Waals surface area contributed by atoms with E-state index in [9.17, 15) is 0 Å². The minimum Gasteiger partial charge on any atom is -0.365 e. The number of nitrogens with one attached hydrogen (secondary N) is 1. The molecule has 4 aromatic rings. The molecule has 0 unspecified atom stereocenters. The third kappa shape index (κ3) is 5.14. The highest BCUT2D eigenvalue weighted by atomic mass is 15.0. The maximum Gasteiger partial charge on any atom is 0.159 e. The van der Waals surface area contributed by atoms with Crippen LogP contribution in [0.3, 0.4) is 0 Å². The molecule has 5 rings (SSSR count). The van der Waals surface area contributed by atoms with E-state index in [1.807, 2.05) is 55.5 Å². The lowest BCUT2D eigenvalue weighted by Crippen LogP contribution is -2.15. The van der Waals surface area contributed by atoms with E-state index in [1.165, 1.54) is 17.5 Å². The zero-order valence-electron chi connectivity index (χ0n) is 21.0. The fourth-order valence-electron chi connectivity index (χ4n) is 4.45. The van der Waals surface area contributed by atoms with E-state index in [-0.39, 0.29) is 0 Å². The summed E-state index contributed by atoms with van der Waals surface area (Å²) in [6.45, 7) is 8.84. The lowest BCUT2D eigenvalue weighted by molar-refractivity contribution is 1.11. The topological polar surface area (TPSA) is 74.9 Å². The van der Waals surface area contributed by atoms with Crippen molar-refractivity contribution in [3.05, 3.63) is 108 Å². The number of aromatic nitrogens is 2. The second kappa shape index (κ2) is 10.9. The molecule has 1 aliphatic rings. The van der Waals surface area contributed by atoms with Crippen molar-refractivity contribution in [3.8, 4) is 11.1 Å². The van der Waals surface area contributed by atoms with E-state index >= 15 is 0 Å². The van der Waals surface area contributed by atoms with Crippen LogP contribution >= 0.6 is 0 Å². The Morgan fingerprint density at radius 3 is 2.41 bits per heavy atom. The lowest BCUT2D eigenvalue weighted by atomic mass is 9.99. The zero-order valence-corrected chi connectivity index (χ0v) is 21.0. The molecule has 3 aromatic carbocycles. The molecule has 1 aromatic heterocycles. The van der Waals surface area contributed by atoms with Gasteiger partial charge in [-0.1, -0.05) is 72.8 Å². The monoisotopic (exact) mass is 484 g/mol. The first-order chi connectivity index (χ1) is 18.2. The number of nitrogens with zero attached hydrogens (tertiary/aromatic N) is 5. The highest BCUT2D eigenvalue weighted by molar-refractivity contribution is 6.15. The molecule has 2 heterocycles.